The number of esters is 1. The van der Waals surface area contributed by atoms with E-state index < -0.39 is 23.9 Å². The van der Waals surface area contributed by atoms with E-state index >= 15 is 0 Å². The van der Waals surface area contributed by atoms with E-state index in [1.165, 1.54) is 4.90 Å². The van der Waals surface area contributed by atoms with Crippen molar-refractivity contribution in [1.29, 1.82) is 0 Å². The van der Waals surface area contributed by atoms with Crippen LogP contribution in [0, 0.1) is 5.92 Å². The Balaban J connectivity index is 2.51. The summed E-state index contributed by atoms with van der Waals surface area (Å²) in [5.41, 5.74) is 5.59. The monoisotopic (exact) mass is 286 g/mol. The van der Waals surface area contributed by atoms with Gasteiger partial charge in [0, 0.05) is 19.5 Å². The highest BCUT2D eigenvalue weighted by molar-refractivity contribution is 6.01. The number of amides is 1. The maximum Gasteiger partial charge on any atom is 0.332 e. The third-order valence-corrected chi connectivity index (χ3v) is 3.40. The summed E-state index contributed by atoms with van der Waals surface area (Å²) in [5.74, 6) is -1.84. The minimum Gasteiger partial charge on any atom is -0.481 e. The number of piperidine rings is 1. The smallest absolute Gasteiger partial charge is 0.332 e. The first-order valence-corrected chi connectivity index (χ1v) is 6.88. The van der Waals surface area contributed by atoms with Crippen molar-refractivity contribution >= 4 is 17.8 Å². The van der Waals surface area contributed by atoms with Crippen LogP contribution in [0.4, 0.5) is 0 Å². The van der Waals surface area contributed by atoms with Crippen LogP contribution < -0.4 is 5.73 Å². The number of aliphatic carboxylic acids is 1. The van der Waals surface area contributed by atoms with Gasteiger partial charge in [-0.3, -0.25) is 9.59 Å². The van der Waals surface area contributed by atoms with Crippen LogP contribution in [0.2, 0.25) is 0 Å². The summed E-state index contributed by atoms with van der Waals surface area (Å²) in [4.78, 5) is 35.6. The van der Waals surface area contributed by atoms with E-state index in [2.05, 4.69) is 0 Å². The first kappa shape index (κ1) is 16.4. The summed E-state index contributed by atoms with van der Waals surface area (Å²) in [6.07, 6.45) is 2.32. The lowest BCUT2D eigenvalue weighted by Gasteiger charge is -2.33. The molecule has 0 spiro atoms. The summed E-state index contributed by atoms with van der Waals surface area (Å²) < 4.78 is 4.73. The van der Waals surface area contributed by atoms with Crippen molar-refractivity contribution in [3.8, 4) is 0 Å². The van der Waals surface area contributed by atoms with Crippen LogP contribution in [0.1, 0.15) is 32.6 Å². The van der Waals surface area contributed by atoms with E-state index in [1.54, 1.807) is 6.92 Å². The number of nitrogens with two attached hydrogens (primary N) is 1. The second-order valence-electron chi connectivity index (χ2n) is 4.95. The molecular weight excluding hydrogens is 264 g/mol. The van der Waals surface area contributed by atoms with E-state index in [1.807, 2.05) is 0 Å². The maximum atomic E-state index is 12.1. The van der Waals surface area contributed by atoms with E-state index in [0.29, 0.717) is 19.5 Å². The van der Waals surface area contributed by atoms with Crippen LogP contribution in [0.3, 0.4) is 0 Å². The molecule has 0 aliphatic carbocycles. The van der Waals surface area contributed by atoms with Crippen LogP contribution in [0.15, 0.2) is 0 Å². The summed E-state index contributed by atoms with van der Waals surface area (Å²) in [6, 6.07) is -1.28. The Labute approximate surface area is 118 Å². The lowest BCUT2D eigenvalue weighted by Crippen LogP contribution is -2.51. The van der Waals surface area contributed by atoms with Gasteiger partial charge in [0.05, 0.1) is 6.61 Å². The van der Waals surface area contributed by atoms with Crippen molar-refractivity contribution in [2.45, 2.75) is 38.6 Å². The number of likely N-dealkylation sites (tertiary alicyclic amines) is 1. The molecule has 0 saturated carbocycles. The Hall–Kier alpha value is -1.63. The number of carbonyl (C=O) groups is 3. The zero-order valence-corrected chi connectivity index (χ0v) is 11.7. The van der Waals surface area contributed by atoms with Gasteiger partial charge in [-0.2, -0.15) is 0 Å². The van der Waals surface area contributed by atoms with Crippen LogP contribution >= 0.6 is 0 Å². The van der Waals surface area contributed by atoms with Gasteiger partial charge in [-0.05, 0) is 32.1 Å². The van der Waals surface area contributed by atoms with Crippen LogP contribution in [0.25, 0.3) is 0 Å². The minimum atomic E-state index is -1.28. The van der Waals surface area contributed by atoms with Crippen LogP contribution in [-0.4, -0.2) is 53.6 Å². The number of rotatable bonds is 6. The Bertz CT molecular complexity index is 372. The Morgan fingerprint density at radius 3 is 2.75 bits per heavy atom. The van der Waals surface area contributed by atoms with Crippen LogP contribution in [-0.2, 0) is 19.1 Å². The third-order valence-electron chi connectivity index (χ3n) is 3.40. The first-order valence-electron chi connectivity index (χ1n) is 6.88. The first-order chi connectivity index (χ1) is 9.45. The predicted octanol–water partition coefficient (Wildman–Crippen LogP) is -0.0198. The zero-order valence-electron chi connectivity index (χ0n) is 11.7. The number of carboxylic acids is 1. The number of carboxylic acid groups (broad SMARTS) is 1. The minimum absolute atomic E-state index is 0.0939. The van der Waals surface area contributed by atoms with Gasteiger partial charge < -0.3 is 20.5 Å². The highest BCUT2D eigenvalue weighted by atomic mass is 16.5. The summed E-state index contributed by atoms with van der Waals surface area (Å²) in [5, 5.41) is 8.68. The van der Waals surface area contributed by atoms with Gasteiger partial charge in [-0.25, -0.2) is 4.79 Å². The molecule has 20 heavy (non-hydrogen) atoms. The highest BCUT2D eigenvalue weighted by Crippen LogP contribution is 2.21. The number of hydrogen-bond acceptors (Lipinski definition) is 5. The topological polar surface area (TPSA) is 110 Å². The molecular formula is C13H22N2O5. The Morgan fingerprint density at radius 1 is 1.45 bits per heavy atom. The van der Waals surface area contributed by atoms with E-state index in [9.17, 15) is 14.4 Å². The molecule has 7 nitrogen and oxygen atoms in total. The van der Waals surface area contributed by atoms with Gasteiger partial charge in [0.15, 0.2) is 6.04 Å². The Kier molecular flexibility index (Phi) is 6.44. The van der Waals surface area contributed by atoms with Crippen molar-refractivity contribution in [3.05, 3.63) is 0 Å². The standard InChI is InChI=1S/C13H22N2O5/c1-2-20-13(19)11(14)12(18)15-7-3-4-9(8-15)5-6-10(16)17/h9,11H,2-8,14H2,1H3,(H,16,17). The maximum absolute atomic E-state index is 12.1. The third kappa shape index (κ3) is 4.80. The van der Waals surface area contributed by atoms with Gasteiger partial charge in [0.2, 0.25) is 0 Å². The lowest BCUT2D eigenvalue weighted by molar-refractivity contribution is -0.151. The fraction of sp³-hybridized carbons (Fsp3) is 0.769. The normalized spacial score (nSPS) is 20.3. The predicted molar refractivity (Wildman–Crippen MR) is 70.8 cm³/mol. The zero-order chi connectivity index (χ0) is 15.1. The molecule has 0 aromatic carbocycles. The van der Waals surface area contributed by atoms with Crippen molar-refractivity contribution in [1.82, 2.24) is 4.90 Å². The van der Waals surface area contributed by atoms with E-state index in [0.717, 1.165) is 12.8 Å². The van der Waals surface area contributed by atoms with Crippen molar-refractivity contribution in [2.75, 3.05) is 19.7 Å². The molecule has 1 amide bonds. The quantitative estimate of drug-likeness (QED) is 0.524. The van der Waals surface area contributed by atoms with Crippen molar-refractivity contribution in [2.24, 2.45) is 11.7 Å². The molecule has 3 N–H and O–H groups in total. The van der Waals surface area contributed by atoms with Gasteiger partial charge in [0.1, 0.15) is 0 Å². The van der Waals surface area contributed by atoms with Gasteiger partial charge >= 0.3 is 11.9 Å². The van der Waals surface area contributed by atoms with Crippen molar-refractivity contribution in [3.63, 3.8) is 0 Å². The Morgan fingerprint density at radius 2 is 2.15 bits per heavy atom. The fourth-order valence-electron chi connectivity index (χ4n) is 2.36. The molecule has 1 saturated heterocycles. The number of hydrogen-bond donors (Lipinski definition) is 2. The molecule has 1 aliphatic heterocycles. The molecule has 2 unspecified atom stereocenters. The second kappa shape index (κ2) is 7.84. The molecule has 0 aromatic rings. The molecule has 1 heterocycles. The molecule has 1 rings (SSSR count). The molecule has 1 fully saturated rings. The van der Waals surface area contributed by atoms with Crippen molar-refractivity contribution < 1.29 is 24.2 Å². The van der Waals surface area contributed by atoms with Gasteiger partial charge in [-0.15, -0.1) is 0 Å². The highest BCUT2D eigenvalue weighted by Gasteiger charge is 2.31. The van der Waals surface area contributed by atoms with Gasteiger partial charge in [0.25, 0.3) is 5.91 Å². The second-order valence-corrected chi connectivity index (χ2v) is 4.95. The molecule has 0 radical (unpaired) electrons. The molecule has 0 aromatic heterocycles. The average molecular weight is 286 g/mol. The number of carbonyl (C=O) groups excluding carboxylic acids is 2. The number of nitrogens with zero attached hydrogens (tertiary/aromatic N) is 1. The van der Waals surface area contributed by atoms with E-state index in [4.69, 9.17) is 15.6 Å². The largest absolute Gasteiger partial charge is 0.481 e. The summed E-state index contributed by atoms with van der Waals surface area (Å²) >= 11 is 0. The SMILES string of the molecule is CCOC(=O)C(N)C(=O)N1CCCC(CCC(=O)O)C1. The average Bonchev–Trinajstić information content (AvgIpc) is 2.44. The van der Waals surface area contributed by atoms with Crippen LogP contribution in [0.5, 0.6) is 0 Å². The molecule has 0 bridgehead atoms. The molecule has 1 aliphatic rings. The number of ether oxygens (including phenoxy) is 1. The summed E-state index contributed by atoms with van der Waals surface area (Å²) in [7, 11) is 0. The lowest BCUT2D eigenvalue weighted by atomic mass is 9.93. The molecule has 7 heteroatoms. The molecule has 114 valence electrons. The summed E-state index contributed by atoms with van der Waals surface area (Å²) in [6.45, 7) is 2.84. The molecule has 2 atom stereocenters. The van der Waals surface area contributed by atoms with Gasteiger partial charge in [-0.1, -0.05) is 0 Å². The fourth-order valence-corrected chi connectivity index (χ4v) is 2.36. The van der Waals surface area contributed by atoms with E-state index in [-0.39, 0.29) is 18.9 Å².